The van der Waals surface area contributed by atoms with Gasteiger partial charge in [0.05, 0.1) is 5.56 Å². The quantitative estimate of drug-likeness (QED) is 0.693. The van der Waals surface area contributed by atoms with Crippen molar-refractivity contribution in [3.05, 3.63) is 65.2 Å². The van der Waals surface area contributed by atoms with Crippen LogP contribution in [0.4, 0.5) is 5.69 Å². The lowest BCUT2D eigenvalue weighted by molar-refractivity contribution is -0.119. The smallest absolute Gasteiger partial charge is 0.338 e. The van der Waals surface area contributed by atoms with Crippen molar-refractivity contribution < 1.29 is 14.3 Å². The lowest BCUT2D eigenvalue weighted by Gasteiger charge is -2.57. The maximum absolute atomic E-state index is 12.2. The number of carbonyl (C=O) groups is 2. The molecule has 0 atom stereocenters. The third kappa shape index (κ3) is 3.76. The van der Waals surface area contributed by atoms with Crippen LogP contribution in [0.2, 0.25) is 0 Å². The second-order valence-electron chi connectivity index (χ2n) is 9.77. The minimum Gasteiger partial charge on any atom is -0.452 e. The molecule has 30 heavy (non-hydrogen) atoms. The van der Waals surface area contributed by atoms with Crippen LogP contribution in [0.3, 0.4) is 0 Å². The van der Waals surface area contributed by atoms with Crippen molar-refractivity contribution in [1.82, 2.24) is 0 Å². The van der Waals surface area contributed by atoms with Crippen molar-refractivity contribution in [3.63, 3.8) is 0 Å². The van der Waals surface area contributed by atoms with Gasteiger partial charge in [0.2, 0.25) is 0 Å². The summed E-state index contributed by atoms with van der Waals surface area (Å²) in [4.78, 5) is 24.3. The molecule has 0 aliphatic heterocycles. The van der Waals surface area contributed by atoms with Crippen LogP contribution in [0, 0.1) is 24.7 Å². The van der Waals surface area contributed by atoms with E-state index in [0.29, 0.717) is 11.0 Å². The standard InChI is InChI=1S/C26H29NO3/c1-17-2-4-21(5-3-17)25(29)30-16-24(28)27-23-8-6-22(7-9-23)26-13-18-10-19(14-26)12-20(11-18)15-26/h2-9,18-20H,10-16H2,1H3,(H,27,28). The number of amides is 1. The molecule has 4 heteroatoms. The van der Waals surface area contributed by atoms with Crippen LogP contribution < -0.4 is 5.32 Å². The number of hydrogen-bond acceptors (Lipinski definition) is 3. The van der Waals surface area contributed by atoms with E-state index in [4.69, 9.17) is 4.74 Å². The predicted molar refractivity (Wildman–Crippen MR) is 116 cm³/mol. The van der Waals surface area contributed by atoms with Crippen LogP contribution in [0.1, 0.15) is 60.0 Å². The summed E-state index contributed by atoms with van der Waals surface area (Å²) in [5, 5.41) is 2.84. The predicted octanol–water partition coefficient (Wildman–Crippen LogP) is 5.26. The average Bonchev–Trinajstić information content (AvgIpc) is 2.72. The molecule has 2 aromatic rings. The van der Waals surface area contributed by atoms with E-state index in [1.54, 1.807) is 12.1 Å². The van der Waals surface area contributed by atoms with Crippen molar-refractivity contribution in [3.8, 4) is 0 Å². The summed E-state index contributed by atoms with van der Waals surface area (Å²) in [5.41, 5.74) is 4.07. The first-order valence-electron chi connectivity index (χ1n) is 11.1. The lowest BCUT2D eigenvalue weighted by atomic mass is 9.48. The number of anilines is 1. The summed E-state index contributed by atoms with van der Waals surface area (Å²) in [7, 11) is 0. The molecular formula is C26H29NO3. The van der Waals surface area contributed by atoms with Crippen LogP contribution in [0.5, 0.6) is 0 Å². The Labute approximate surface area is 178 Å². The van der Waals surface area contributed by atoms with E-state index in [1.807, 2.05) is 31.2 Å². The van der Waals surface area contributed by atoms with Gasteiger partial charge in [-0.15, -0.1) is 0 Å². The van der Waals surface area contributed by atoms with Gasteiger partial charge in [0.15, 0.2) is 6.61 Å². The monoisotopic (exact) mass is 403 g/mol. The minimum absolute atomic E-state index is 0.288. The van der Waals surface area contributed by atoms with Crippen LogP contribution in [0.25, 0.3) is 0 Å². The van der Waals surface area contributed by atoms with Gasteiger partial charge >= 0.3 is 5.97 Å². The summed E-state index contributed by atoms with van der Waals surface area (Å²) in [6.07, 6.45) is 8.32. The molecule has 0 aromatic heterocycles. The molecule has 0 heterocycles. The Kier molecular flexibility index (Phi) is 4.88. The largest absolute Gasteiger partial charge is 0.452 e. The highest BCUT2D eigenvalue weighted by atomic mass is 16.5. The summed E-state index contributed by atoms with van der Waals surface area (Å²) in [5.74, 6) is 1.94. The zero-order chi connectivity index (χ0) is 20.7. The molecule has 4 fully saturated rings. The number of benzene rings is 2. The third-order valence-corrected chi connectivity index (χ3v) is 7.44. The van der Waals surface area contributed by atoms with Gasteiger partial charge < -0.3 is 10.1 Å². The molecule has 4 nitrogen and oxygen atoms in total. The molecule has 4 bridgehead atoms. The molecule has 4 saturated carbocycles. The highest BCUT2D eigenvalue weighted by Gasteiger charge is 2.51. The SMILES string of the molecule is Cc1ccc(C(=O)OCC(=O)Nc2ccc(C34CC5CC(CC(C5)C3)C4)cc2)cc1. The Morgan fingerprint density at radius 1 is 0.900 bits per heavy atom. The van der Waals surface area contributed by atoms with E-state index >= 15 is 0 Å². The zero-order valence-corrected chi connectivity index (χ0v) is 17.5. The highest BCUT2D eigenvalue weighted by Crippen LogP contribution is 2.60. The molecule has 0 unspecified atom stereocenters. The average molecular weight is 404 g/mol. The van der Waals surface area contributed by atoms with Gasteiger partial charge in [0.1, 0.15) is 0 Å². The summed E-state index contributed by atoms with van der Waals surface area (Å²) in [6, 6.07) is 15.5. The molecular weight excluding hydrogens is 374 g/mol. The normalized spacial score (nSPS) is 28.9. The van der Waals surface area contributed by atoms with E-state index < -0.39 is 5.97 Å². The van der Waals surface area contributed by atoms with E-state index in [1.165, 1.54) is 44.1 Å². The van der Waals surface area contributed by atoms with Gasteiger partial charge in [-0.25, -0.2) is 4.79 Å². The van der Waals surface area contributed by atoms with E-state index in [9.17, 15) is 9.59 Å². The fourth-order valence-electron chi connectivity index (χ4n) is 6.47. The number of esters is 1. The number of rotatable bonds is 5. The number of nitrogens with one attached hydrogen (secondary N) is 1. The molecule has 0 spiro atoms. The van der Waals surface area contributed by atoms with Gasteiger partial charge in [-0.2, -0.15) is 0 Å². The zero-order valence-electron chi connectivity index (χ0n) is 17.5. The van der Waals surface area contributed by atoms with Crippen LogP contribution in [-0.4, -0.2) is 18.5 Å². The molecule has 4 aliphatic rings. The fourth-order valence-corrected chi connectivity index (χ4v) is 6.47. The van der Waals surface area contributed by atoms with E-state index in [-0.39, 0.29) is 12.5 Å². The molecule has 1 N–H and O–H groups in total. The highest BCUT2D eigenvalue weighted by molar-refractivity contribution is 5.95. The van der Waals surface area contributed by atoms with Gasteiger partial charge in [-0.1, -0.05) is 29.8 Å². The molecule has 0 saturated heterocycles. The van der Waals surface area contributed by atoms with E-state index in [0.717, 1.165) is 29.0 Å². The van der Waals surface area contributed by atoms with Gasteiger partial charge in [0, 0.05) is 5.69 Å². The van der Waals surface area contributed by atoms with Crippen molar-refractivity contribution >= 4 is 17.6 Å². The van der Waals surface area contributed by atoms with Crippen LogP contribution in [0.15, 0.2) is 48.5 Å². The Morgan fingerprint density at radius 3 is 2.03 bits per heavy atom. The maximum Gasteiger partial charge on any atom is 0.338 e. The Morgan fingerprint density at radius 2 is 1.47 bits per heavy atom. The Balaban J connectivity index is 1.18. The first-order chi connectivity index (χ1) is 14.5. The Bertz CT molecular complexity index is 910. The lowest BCUT2D eigenvalue weighted by Crippen LogP contribution is -2.48. The van der Waals surface area contributed by atoms with Crippen molar-refractivity contribution in [2.24, 2.45) is 17.8 Å². The molecule has 2 aromatic carbocycles. The summed E-state index contributed by atoms with van der Waals surface area (Å²) >= 11 is 0. The van der Waals surface area contributed by atoms with Gasteiger partial charge in [-0.05, 0) is 98.4 Å². The fraction of sp³-hybridized carbons (Fsp3) is 0.462. The Hall–Kier alpha value is -2.62. The first-order valence-corrected chi connectivity index (χ1v) is 11.1. The van der Waals surface area contributed by atoms with Crippen molar-refractivity contribution in [1.29, 1.82) is 0 Å². The summed E-state index contributed by atoms with van der Waals surface area (Å²) < 4.78 is 5.14. The number of ether oxygens (including phenoxy) is 1. The van der Waals surface area contributed by atoms with Crippen LogP contribution >= 0.6 is 0 Å². The third-order valence-electron chi connectivity index (χ3n) is 7.44. The maximum atomic E-state index is 12.2. The molecule has 156 valence electrons. The number of aryl methyl sites for hydroxylation is 1. The van der Waals surface area contributed by atoms with Crippen LogP contribution in [-0.2, 0) is 14.9 Å². The number of carbonyl (C=O) groups excluding carboxylic acids is 2. The van der Waals surface area contributed by atoms with Gasteiger partial charge in [-0.3, -0.25) is 4.79 Å². The van der Waals surface area contributed by atoms with Crippen molar-refractivity contribution in [2.75, 3.05) is 11.9 Å². The second-order valence-corrected chi connectivity index (χ2v) is 9.77. The van der Waals surface area contributed by atoms with E-state index in [2.05, 4.69) is 17.4 Å². The number of hydrogen-bond donors (Lipinski definition) is 1. The summed E-state index contributed by atoms with van der Waals surface area (Å²) in [6.45, 7) is 1.67. The molecule has 1 amide bonds. The molecule has 6 rings (SSSR count). The molecule has 4 aliphatic carbocycles. The minimum atomic E-state index is -0.484. The second kappa shape index (κ2) is 7.57. The first kappa shape index (κ1) is 19.3. The van der Waals surface area contributed by atoms with Crippen molar-refractivity contribution in [2.45, 2.75) is 50.9 Å². The molecule has 0 radical (unpaired) electrons. The van der Waals surface area contributed by atoms with Gasteiger partial charge in [0.25, 0.3) is 5.91 Å². The topological polar surface area (TPSA) is 55.4 Å².